The highest BCUT2D eigenvalue weighted by atomic mass is 35.5. The summed E-state index contributed by atoms with van der Waals surface area (Å²) in [6.07, 6.45) is 0. The molecule has 4 aromatic rings. The van der Waals surface area contributed by atoms with E-state index in [1.165, 1.54) is 12.1 Å². The molecule has 0 aliphatic rings. The zero-order chi connectivity index (χ0) is 22.7. The molecule has 8 nitrogen and oxygen atoms in total. The third kappa shape index (κ3) is 4.67. The van der Waals surface area contributed by atoms with E-state index in [-0.39, 0.29) is 17.5 Å². The maximum absolute atomic E-state index is 12.3. The number of anilines is 1. The van der Waals surface area contributed by atoms with Crippen LogP contribution in [0.15, 0.2) is 65.1 Å². The number of carbonyl (C=O) groups is 2. The van der Waals surface area contributed by atoms with Crippen molar-refractivity contribution in [1.82, 2.24) is 10.5 Å². The first-order valence-corrected chi connectivity index (χ1v) is 10.0. The Hall–Kier alpha value is -3.59. The van der Waals surface area contributed by atoms with Crippen molar-refractivity contribution in [3.63, 3.8) is 0 Å². The molecule has 162 valence electrons. The molecule has 0 saturated carbocycles. The molecule has 32 heavy (non-hydrogen) atoms. The Morgan fingerprint density at radius 1 is 1.06 bits per heavy atom. The van der Waals surface area contributed by atoms with Crippen molar-refractivity contribution >= 4 is 51.8 Å². The number of halogens is 2. The molecule has 3 aromatic carbocycles. The monoisotopic (exact) mass is 471 g/mol. The molecule has 4 rings (SSSR count). The molecule has 1 heterocycles. The summed E-state index contributed by atoms with van der Waals surface area (Å²) in [5.74, 6) is -0.343. The molecular weight excluding hydrogens is 457 g/mol. The number of amides is 2. The van der Waals surface area contributed by atoms with Crippen LogP contribution >= 0.6 is 23.2 Å². The summed E-state index contributed by atoms with van der Waals surface area (Å²) in [5.41, 5.74) is 4.08. The normalized spacial score (nSPS) is 10.7. The van der Waals surface area contributed by atoms with Crippen LogP contribution in [0.2, 0.25) is 10.0 Å². The van der Waals surface area contributed by atoms with Gasteiger partial charge in [-0.2, -0.15) is 0 Å². The van der Waals surface area contributed by atoms with E-state index in [0.29, 0.717) is 44.6 Å². The van der Waals surface area contributed by atoms with E-state index in [4.69, 9.17) is 37.6 Å². The van der Waals surface area contributed by atoms with E-state index in [2.05, 4.69) is 10.3 Å². The zero-order valence-corrected chi connectivity index (χ0v) is 17.8. The van der Waals surface area contributed by atoms with Crippen molar-refractivity contribution in [2.75, 3.05) is 11.9 Å². The van der Waals surface area contributed by atoms with Crippen molar-refractivity contribution in [3.05, 3.63) is 76.3 Å². The SMILES string of the molecule is O=C(COc1cccc(Cl)c1Cl)Nc1ccc2oc(-c3ccc(C(=O)NO)cc3)nc2c1. The van der Waals surface area contributed by atoms with Crippen molar-refractivity contribution < 1.29 is 24.0 Å². The van der Waals surface area contributed by atoms with Crippen molar-refractivity contribution in [2.24, 2.45) is 0 Å². The van der Waals surface area contributed by atoms with Crippen LogP contribution in [0.5, 0.6) is 5.75 Å². The molecule has 0 radical (unpaired) electrons. The van der Waals surface area contributed by atoms with Crippen LogP contribution < -0.4 is 15.5 Å². The second-order valence-corrected chi connectivity index (χ2v) is 7.39. The fourth-order valence-electron chi connectivity index (χ4n) is 2.89. The maximum atomic E-state index is 12.3. The number of ether oxygens (including phenoxy) is 1. The Labute approximate surface area is 191 Å². The van der Waals surface area contributed by atoms with Gasteiger partial charge in [-0.1, -0.05) is 29.3 Å². The lowest BCUT2D eigenvalue weighted by Crippen LogP contribution is -2.20. The van der Waals surface area contributed by atoms with Gasteiger partial charge >= 0.3 is 0 Å². The summed E-state index contributed by atoms with van der Waals surface area (Å²) in [7, 11) is 0. The molecule has 0 aliphatic carbocycles. The van der Waals surface area contributed by atoms with E-state index in [1.54, 1.807) is 54.0 Å². The molecule has 0 fully saturated rings. The number of hydrogen-bond donors (Lipinski definition) is 3. The van der Waals surface area contributed by atoms with Gasteiger partial charge in [0.2, 0.25) is 5.89 Å². The number of aromatic nitrogens is 1. The van der Waals surface area contributed by atoms with Gasteiger partial charge in [0, 0.05) is 16.8 Å². The van der Waals surface area contributed by atoms with E-state index in [0.717, 1.165) is 0 Å². The van der Waals surface area contributed by atoms with Crippen LogP contribution in [0.1, 0.15) is 10.4 Å². The van der Waals surface area contributed by atoms with Gasteiger partial charge < -0.3 is 14.5 Å². The lowest BCUT2D eigenvalue weighted by Gasteiger charge is -2.09. The Morgan fingerprint density at radius 2 is 1.84 bits per heavy atom. The quantitative estimate of drug-likeness (QED) is 0.271. The van der Waals surface area contributed by atoms with Crippen LogP contribution in [0.4, 0.5) is 5.69 Å². The molecule has 1 aromatic heterocycles. The Morgan fingerprint density at radius 3 is 2.59 bits per heavy atom. The lowest BCUT2D eigenvalue weighted by molar-refractivity contribution is -0.118. The van der Waals surface area contributed by atoms with Gasteiger partial charge in [0.15, 0.2) is 12.2 Å². The molecule has 0 bridgehead atoms. The topological polar surface area (TPSA) is 114 Å². The number of fused-ring (bicyclic) bond motifs is 1. The highest BCUT2D eigenvalue weighted by molar-refractivity contribution is 6.42. The van der Waals surface area contributed by atoms with Crippen molar-refractivity contribution in [2.45, 2.75) is 0 Å². The van der Waals surface area contributed by atoms with Crippen LogP contribution in [0.3, 0.4) is 0 Å². The molecule has 3 N–H and O–H groups in total. The van der Waals surface area contributed by atoms with Gasteiger partial charge in [0.1, 0.15) is 16.3 Å². The van der Waals surface area contributed by atoms with E-state index >= 15 is 0 Å². The number of nitrogens with zero attached hydrogens (tertiary/aromatic N) is 1. The van der Waals surface area contributed by atoms with Crippen LogP contribution in [0.25, 0.3) is 22.6 Å². The number of oxazole rings is 1. The molecule has 0 saturated heterocycles. The average molecular weight is 472 g/mol. The maximum Gasteiger partial charge on any atom is 0.274 e. The summed E-state index contributed by atoms with van der Waals surface area (Å²) in [4.78, 5) is 28.1. The van der Waals surface area contributed by atoms with E-state index in [9.17, 15) is 9.59 Å². The second-order valence-electron chi connectivity index (χ2n) is 6.61. The first kappa shape index (κ1) is 21.6. The largest absolute Gasteiger partial charge is 0.482 e. The number of carbonyl (C=O) groups excluding carboxylic acids is 2. The van der Waals surface area contributed by atoms with Gasteiger partial charge in [-0.15, -0.1) is 0 Å². The van der Waals surface area contributed by atoms with Crippen LogP contribution in [-0.2, 0) is 4.79 Å². The number of nitrogens with one attached hydrogen (secondary N) is 2. The van der Waals surface area contributed by atoms with Gasteiger partial charge in [0.25, 0.3) is 11.8 Å². The molecular formula is C22H15Cl2N3O5. The summed E-state index contributed by atoms with van der Waals surface area (Å²) in [6.45, 7) is -0.254. The summed E-state index contributed by atoms with van der Waals surface area (Å²) >= 11 is 12.0. The van der Waals surface area contributed by atoms with Gasteiger partial charge in [-0.3, -0.25) is 14.8 Å². The van der Waals surface area contributed by atoms with Crippen molar-refractivity contribution in [3.8, 4) is 17.2 Å². The van der Waals surface area contributed by atoms with Crippen molar-refractivity contribution in [1.29, 1.82) is 0 Å². The lowest BCUT2D eigenvalue weighted by atomic mass is 10.1. The molecule has 0 unspecified atom stereocenters. The standard InChI is InChI=1S/C22H15Cl2N3O5/c23-15-2-1-3-18(20(15)24)31-11-19(28)25-14-8-9-17-16(10-14)26-22(32-17)13-6-4-12(5-7-13)21(29)27-30/h1-10,30H,11H2,(H,25,28)(H,27,29). The smallest absolute Gasteiger partial charge is 0.274 e. The third-order valence-electron chi connectivity index (χ3n) is 4.44. The predicted octanol–water partition coefficient (Wildman–Crippen LogP) is 4.94. The second kappa shape index (κ2) is 9.27. The number of hydrogen-bond acceptors (Lipinski definition) is 6. The minimum atomic E-state index is -0.615. The number of hydroxylamine groups is 1. The minimum absolute atomic E-state index is 0.239. The van der Waals surface area contributed by atoms with E-state index < -0.39 is 5.91 Å². The minimum Gasteiger partial charge on any atom is -0.482 e. The molecule has 2 amide bonds. The zero-order valence-electron chi connectivity index (χ0n) is 16.3. The summed E-state index contributed by atoms with van der Waals surface area (Å²) < 4.78 is 11.2. The Kier molecular flexibility index (Phi) is 6.27. The van der Waals surface area contributed by atoms with Crippen LogP contribution in [-0.4, -0.2) is 28.6 Å². The van der Waals surface area contributed by atoms with Gasteiger partial charge in [0.05, 0.1) is 5.02 Å². The van der Waals surface area contributed by atoms with Gasteiger partial charge in [-0.25, -0.2) is 10.5 Å². The average Bonchev–Trinajstić information content (AvgIpc) is 3.23. The molecule has 10 heteroatoms. The highest BCUT2D eigenvalue weighted by Gasteiger charge is 2.12. The predicted molar refractivity (Wildman–Crippen MR) is 119 cm³/mol. The third-order valence-corrected chi connectivity index (χ3v) is 5.24. The Balaban J connectivity index is 1.45. The number of rotatable bonds is 6. The summed E-state index contributed by atoms with van der Waals surface area (Å²) in [6, 6.07) is 16.3. The Bertz CT molecular complexity index is 1300. The fourth-order valence-corrected chi connectivity index (χ4v) is 3.24. The first-order valence-electron chi connectivity index (χ1n) is 9.27. The molecule has 0 atom stereocenters. The first-order chi connectivity index (χ1) is 15.4. The highest BCUT2D eigenvalue weighted by Crippen LogP contribution is 2.31. The summed E-state index contributed by atoms with van der Waals surface area (Å²) in [5, 5.41) is 12.0. The van der Waals surface area contributed by atoms with E-state index in [1.807, 2.05) is 0 Å². The molecule has 0 aliphatic heterocycles. The van der Waals surface area contributed by atoms with Crippen LogP contribution in [0, 0.1) is 0 Å². The molecule has 0 spiro atoms. The van der Waals surface area contributed by atoms with Gasteiger partial charge in [-0.05, 0) is 54.6 Å². The number of benzene rings is 3. The fraction of sp³-hybridized carbons (Fsp3) is 0.0455.